The Hall–Kier alpha value is -1.39. The Bertz CT molecular complexity index is 552. The molecule has 0 aromatic heterocycles. The fourth-order valence-corrected chi connectivity index (χ4v) is 4.69. The lowest BCUT2D eigenvalue weighted by Gasteiger charge is -2.50. The van der Waals surface area contributed by atoms with Crippen molar-refractivity contribution in [1.29, 1.82) is 0 Å². The van der Waals surface area contributed by atoms with Crippen molar-refractivity contribution in [3.05, 3.63) is 35.9 Å². The maximum absolute atomic E-state index is 11.5. The maximum Gasteiger partial charge on any atom is 0.221 e. The van der Waals surface area contributed by atoms with Crippen LogP contribution in [0.15, 0.2) is 30.3 Å². The number of hydrogen-bond acceptors (Lipinski definition) is 3. The van der Waals surface area contributed by atoms with Crippen LogP contribution < -0.4 is 5.32 Å². The Balaban J connectivity index is 1.62. The van der Waals surface area contributed by atoms with Gasteiger partial charge in [-0.25, -0.2) is 0 Å². The first-order chi connectivity index (χ1) is 12.1. The highest BCUT2D eigenvalue weighted by molar-refractivity contribution is 5.75. The summed E-state index contributed by atoms with van der Waals surface area (Å²) in [7, 11) is 1.72. The van der Waals surface area contributed by atoms with E-state index in [0.717, 1.165) is 26.2 Å². The van der Waals surface area contributed by atoms with E-state index in [2.05, 4.69) is 52.4 Å². The van der Waals surface area contributed by atoms with E-state index in [0.29, 0.717) is 17.8 Å². The smallest absolute Gasteiger partial charge is 0.221 e. The maximum atomic E-state index is 11.5. The first kappa shape index (κ1) is 18.4. The lowest BCUT2D eigenvalue weighted by molar-refractivity contribution is -0.121. The van der Waals surface area contributed by atoms with Crippen molar-refractivity contribution >= 4 is 5.91 Å². The summed E-state index contributed by atoms with van der Waals surface area (Å²) in [6, 6.07) is 11.1. The highest BCUT2D eigenvalue weighted by Crippen LogP contribution is 2.44. The van der Waals surface area contributed by atoms with Crippen molar-refractivity contribution < 1.29 is 4.79 Å². The molecule has 1 aromatic rings. The number of carbonyl (C=O) groups excluding carboxylic acids is 1. The molecule has 2 aliphatic rings. The van der Waals surface area contributed by atoms with Gasteiger partial charge in [-0.15, -0.1) is 0 Å². The third kappa shape index (κ3) is 4.62. The van der Waals surface area contributed by atoms with Crippen molar-refractivity contribution in [2.24, 2.45) is 5.41 Å². The van der Waals surface area contributed by atoms with Crippen molar-refractivity contribution in [2.75, 3.05) is 46.3 Å². The molecule has 1 aromatic carbocycles. The van der Waals surface area contributed by atoms with Crippen LogP contribution in [-0.4, -0.2) is 62.0 Å². The monoisotopic (exact) mass is 343 g/mol. The molecule has 138 valence electrons. The zero-order chi connectivity index (χ0) is 17.7. The summed E-state index contributed by atoms with van der Waals surface area (Å²) in [4.78, 5) is 16.6. The zero-order valence-corrected chi connectivity index (χ0v) is 15.8. The number of carbonyl (C=O) groups is 1. The summed E-state index contributed by atoms with van der Waals surface area (Å²) in [5.41, 5.74) is 1.96. The number of likely N-dealkylation sites (tertiary alicyclic amines) is 2. The van der Waals surface area contributed by atoms with Crippen molar-refractivity contribution in [3.63, 3.8) is 0 Å². The molecule has 3 rings (SSSR count). The molecule has 2 heterocycles. The minimum absolute atomic E-state index is 0.152. The van der Waals surface area contributed by atoms with E-state index in [4.69, 9.17) is 0 Å². The van der Waals surface area contributed by atoms with Gasteiger partial charge >= 0.3 is 0 Å². The number of hydrogen-bond donors (Lipinski definition) is 1. The quantitative estimate of drug-likeness (QED) is 0.893. The standard InChI is InChI=1S/C21H33N3O/c1-3-23-16-19(18-7-5-4-6-8-18)15-21(17-23)10-13-24(14-11-21)12-9-20(25)22-2/h4-8,19H,3,9-17H2,1-2H3,(H,22,25)/t19-/m0/s1. The van der Waals surface area contributed by atoms with Gasteiger partial charge in [-0.3, -0.25) is 4.79 Å². The molecule has 2 aliphatic heterocycles. The second-order valence-corrected chi connectivity index (χ2v) is 7.90. The molecule has 1 amide bonds. The molecule has 2 fully saturated rings. The predicted octanol–water partition coefficient (Wildman–Crippen LogP) is 2.71. The van der Waals surface area contributed by atoms with E-state index in [-0.39, 0.29) is 5.91 Å². The van der Waals surface area contributed by atoms with Crippen LogP contribution in [0.4, 0.5) is 0 Å². The van der Waals surface area contributed by atoms with Crippen molar-refractivity contribution in [2.45, 2.75) is 38.5 Å². The molecule has 0 unspecified atom stereocenters. The molecule has 2 saturated heterocycles. The number of benzene rings is 1. The van der Waals surface area contributed by atoms with Gasteiger partial charge in [0.2, 0.25) is 5.91 Å². The topological polar surface area (TPSA) is 35.6 Å². The molecular formula is C21H33N3O. The molecule has 4 nitrogen and oxygen atoms in total. The second kappa shape index (κ2) is 8.33. The molecule has 0 radical (unpaired) electrons. The molecule has 25 heavy (non-hydrogen) atoms. The molecule has 1 N–H and O–H groups in total. The van der Waals surface area contributed by atoms with Gasteiger partial charge in [0.05, 0.1) is 0 Å². The Morgan fingerprint density at radius 2 is 1.92 bits per heavy atom. The average Bonchev–Trinajstić information content (AvgIpc) is 2.67. The van der Waals surface area contributed by atoms with Crippen LogP contribution in [0.5, 0.6) is 0 Å². The lowest BCUT2D eigenvalue weighted by atomic mass is 9.68. The number of rotatable bonds is 5. The Morgan fingerprint density at radius 1 is 1.20 bits per heavy atom. The van der Waals surface area contributed by atoms with Gasteiger partial charge in [0.15, 0.2) is 0 Å². The number of amides is 1. The van der Waals surface area contributed by atoms with Gasteiger partial charge in [0.25, 0.3) is 0 Å². The molecule has 0 aliphatic carbocycles. The van der Waals surface area contributed by atoms with Gasteiger partial charge in [-0.2, -0.15) is 0 Å². The SMILES string of the molecule is CCN1C[C@@H](c2ccccc2)CC2(CCN(CCC(=O)NC)CC2)C1. The Labute approximate surface area is 152 Å². The van der Waals surface area contributed by atoms with Crippen molar-refractivity contribution in [1.82, 2.24) is 15.1 Å². The number of nitrogens with zero attached hydrogens (tertiary/aromatic N) is 2. The van der Waals surface area contributed by atoms with Crippen LogP contribution in [0.1, 0.15) is 44.1 Å². The number of likely N-dealkylation sites (N-methyl/N-ethyl adjacent to an activating group) is 1. The van der Waals surface area contributed by atoms with Crippen LogP contribution in [0, 0.1) is 5.41 Å². The van der Waals surface area contributed by atoms with Gasteiger partial charge in [-0.1, -0.05) is 37.3 Å². The molecule has 1 atom stereocenters. The highest BCUT2D eigenvalue weighted by atomic mass is 16.1. The summed E-state index contributed by atoms with van der Waals surface area (Å²) in [5.74, 6) is 0.812. The van der Waals surface area contributed by atoms with Crippen molar-refractivity contribution in [3.8, 4) is 0 Å². The van der Waals surface area contributed by atoms with E-state index < -0.39 is 0 Å². The Morgan fingerprint density at radius 3 is 2.56 bits per heavy atom. The summed E-state index contributed by atoms with van der Waals surface area (Å²) < 4.78 is 0. The van der Waals surface area contributed by atoms with E-state index in [9.17, 15) is 4.79 Å². The van der Waals surface area contributed by atoms with E-state index >= 15 is 0 Å². The average molecular weight is 344 g/mol. The molecule has 0 bridgehead atoms. The van der Waals surface area contributed by atoms with Gasteiger partial charge in [-0.05, 0) is 55.8 Å². The molecular weight excluding hydrogens is 310 g/mol. The first-order valence-electron chi connectivity index (χ1n) is 9.84. The third-order valence-electron chi connectivity index (χ3n) is 6.29. The fraction of sp³-hybridized carbons (Fsp3) is 0.667. The van der Waals surface area contributed by atoms with E-state index in [1.165, 1.54) is 37.9 Å². The predicted molar refractivity (Wildman–Crippen MR) is 103 cm³/mol. The van der Waals surface area contributed by atoms with Gasteiger partial charge in [0.1, 0.15) is 0 Å². The number of nitrogens with one attached hydrogen (secondary N) is 1. The number of piperidine rings is 2. The minimum Gasteiger partial charge on any atom is -0.359 e. The van der Waals surface area contributed by atoms with Crippen LogP contribution in [0.3, 0.4) is 0 Å². The van der Waals surface area contributed by atoms with E-state index in [1.807, 2.05) is 0 Å². The van der Waals surface area contributed by atoms with Crippen LogP contribution in [0.25, 0.3) is 0 Å². The fourth-order valence-electron chi connectivity index (χ4n) is 4.69. The summed E-state index contributed by atoms with van der Waals surface area (Å²) in [6.07, 6.45) is 4.47. The second-order valence-electron chi connectivity index (χ2n) is 7.90. The summed E-state index contributed by atoms with van der Waals surface area (Å²) >= 11 is 0. The summed E-state index contributed by atoms with van der Waals surface area (Å²) in [5, 5.41) is 2.73. The van der Waals surface area contributed by atoms with Crippen LogP contribution in [-0.2, 0) is 4.79 Å². The van der Waals surface area contributed by atoms with Crippen LogP contribution >= 0.6 is 0 Å². The minimum atomic E-state index is 0.152. The first-order valence-corrected chi connectivity index (χ1v) is 9.84. The van der Waals surface area contributed by atoms with E-state index in [1.54, 1.807) is 7.05 Å². The molecule has 1 spiro atoms. The Kier molecular flexibility index (Phi) is 6.13. The molecule has 0 saturated carbocycles. The van der Waals surface area contributed by atoms with Crippen LogP contribution in [0.2, 0.25) is 0 Å². The largest absolute Gasteiger partial charge is 0.359 e. The summed E-state index contributed by atoms with van der Waals surface area (Å²) in [6.45, 7) is 9.05. The highest BCUT2D eigenvalue weighted by Gasteiger charge is 2.41. The third-order valence-corrected chi connectivity index (χ3v) is 6.29. The van der Waals surface area contributed by atoms with Gasteiger partial charge in [0, 0.05) is 33.1 Å². The normalized spacial score (nSPS) is 24.3. The molecule has 4 heteroatoms. The lowest BCUT2D eigenvalue weighted by Crippen LogP contribution is -2.51. The van der Waals surface area contributed by atoms with Gasteiger partial charge < -0.3 is 15.1 Å². The zero-order valence-electron chi connectivity index (χ0n) is 15.8.